The van der Waals surface area contributed by atoms with Crippen LogP contribution in [0.1, 0.15) is 49.4 Å². The summed E-state index contributed by atoms with van der Waals surface area (Å²) in [7, 11) is 0. The summed E-state index contributed by atoms with van der Waals surface area (Å²) in [5.74, 6) is 17.5. The molecule has 1 aromatic rings. The van der Waals surface area contributed by atoms with E-state index in [-0.39, 0.29) is 12.1 Å². The SMILES string of the molecule is CCC[C@H](CC#CCC#CCC#CCBr)OC(=O)c1ccccc1. The molecule has 0 aliphatic rings. The zero-order chi connectivity index (χ0) is 17.5. The van der Waals surface area contributed by atoms with Crippen molar-refractivity contribution in [2.45, 2.75) is 45.1 Å². The van der Waals surface area contributed by atoms with Gasteiger partial charge in [0, 0.05) is 6.42 Å². The predicted molar refractivity (Wildman–Crippen MR) is 102 cm³/mol. The van der Waals surface area contributed by atoms with Crippen molar-refractivity contribution < 1.29 is 9.53 Å². The van der Waals surface area contributed by atoms with Gasteiger partial charge in [0.1, 0.15) is 6.10 Å². The molecule has 0 unspecified atom stereocenters. The van der Waals surface area contributed by atoms with Gasteiger partial charge in [0.05, 0.1) is 23.7 Å². The average molecular weight is 385 g/mol. The quantitative estimate of drug-likeness (QED) is 0.421. The monoisotopic (exact) mass is 384 g/mol. The van der Waals surface area contributed by atoms with Crippen molar-refractivity contribution in [1.82, 2.24) is 0 Å². The van der Waals surface area contributed by atoms with E-state index in [1.807, 2.05) is 18.2 Å². The number of alkyl halides is 1. The van der Waals surface area contributed by atoms with Gasteiger partial charge in [-0.2, -0.15) is 0 Å². The number of hydrogen-bond acceptors (Lipinski definition) is 2. The maximum absolute atomic E-state index is 12.1. The van der Waals surface area contributed by atoms with E-state index in [0.29, 0.717) is 30.2 Å². The number of ether oxygens (including phenoxy) is 1. The summed E-state index contributed by atoms with van der Waals surface area (Å²) in [5.41, 5.74) is 0.571. The van der Waals surface area contributed by atoms with E-state index >= 15 is 0 Å². The van der Waals surface area contributed by atoms with E-state index in [4.69, 9.17) is 4.74 Å². The Morgan fingerprint density at radius 3 is 2.29 bits per heavy atom. The second kappa shape index (κ2) is 13.3. The molecule has 2 nitrogen and oxygen atoms in total. The first kappa shape index (κ1) is 19.9. The zero-order valence-corrected chi connectivity index (χ0v) is 15.5. The molecule has 0 bridgehead atoms. The Morgan fingerprint density at radius 2 is 1.67 bits per heavy atom. The third kappa shape index (κ3) is 9.09. The molecule has 24 heavy (non-hydrogen) atoms. The maximum Gasteiger partial charge on any atom is 0.338 e. The standard InChI is InChI=1S/C21H21BrO2/c1-2-14-20(24-21(23)19-15-10-9-11-16-19)17-12-7-5-3-4-6-8-13-18-22/h9-11,15-16,20H,2,5-6,14,17-18H2,1H3/t20-/m1/s1. The molecule has 0 aliphatic heterocycles. The van der Waals surface area contributed by atoms with Crippen LogP contribution in [0.5, 0.6) is 0 Å². The summed E-state index contributed by atoms with van der Waals surface area (Å²) in [4.78, 5) is 12.1. The molecule has 0 N–H and O–H groups in total. The van der Waals surface area contributed by atoms with Crippen LogP contribution in [0.2, 0.25) is 0 Å². The first-order chi connectivity index (χ1) is 11.8. The number of halogens is 1. The first-order valence-electron chi connectivity index (χ1n) is 7.97. The lowest BCUT2D eigenvalue weighted by molar-refractivity contribution is 0.0292. The van der Waals surface area contributed by atoms with Crippen LogP contribution in [-0.4, -0.2) is 17.4 Å². The smallest absolute Gasteiger partial charge is 0.338 e. The zero-order valence-electron chi connectivity index (χ0n) is 13.9. The highest BCUT2D eigenvalue weighted by Gasteiger charge is 2.13. The Morgan fingerprint density at radius 1 is 1.04 bits per heavy atom. The van der Waals surface area contributed by atoms with Crippen molar-refractivity contribution in [1.29, 1.82) is 0 Å². The van der Waals surface area contributed by atoms with Gasteiger partial charge in [-0.25, -0.2) is 4.79 Å². The van der Waals surface area contributed by atoms with Gasteiger partial charge in [-0.1, -0.05) is 83.0 Å². The lowest BCUT2D eigenvalue weighted by Crippen LogP contribution is -2.17. The van der Waals surface area contributed by atoms with Crippen molar-refractivity contribution in [2.24, 2.45) is 0 Å². The molecule has 3 heteroatoms. The molecule has 0 amide bonds. The third-order valence-corrected chi connectivity index (χ3v) is 3.30. The molecule has 124 valence electrons. The van der Waals surface area contributed by atoms with Gasteiger partial charge >= 0.3 is 5.97 Å². The summed E-state index contributed by atoms with van der Waals surface area (Å²) < 4.78 is 5.55. The topological polar surface area (TPSA) is 26.3 Å². The Bertz CT molecular complexity index is 675. The van der Waals surface area contributed by atoms with Crippen molar-refractivity contribution in [3.8, 4) is 35.5 Å². The Hall–Kier alpha value is -2.15. The van der Waals surface area contributed by atoms with Crippen molar-refractivity contribution in [3.05, 3.63) is 35.9 Å². The molecule has 0 saturated heterocycles. The molecule has 1 rings (SSSR count). The molecule has 0 aromatic heterocycles. The van der Waals surface area contributed by atoms with Crippen molar-refractivity contribution in [2.75, 3.05) is 5.33 Å². The predicted octanol–water partition coefficient (Wildman–Crippen LogP) is 4.59. The molecular formula is C21H21BrO2. The molecule has 0 saturated carbocycles. The van der Waals surface area contributed by atoms with Crippen LogP contribution in [-0.2, 0) is 4.74 Å². The van der Waals surface area contributed by atoms with E-state index in [2.05, 4.69) is 58.4 Å². The summed E-state index contributed by atoms with van der Waals surface area (Å²) in [6, 6.07) is 9.03. The Kier molecular flexibility index (Phi) is 11.0. The lowest BCUT2D eigenvalue weighted by Gasteiger charge is -2.14. The van der Waals surface area contributed by atoms with E-state index < -0.39 is 0 Å². The first-order valence-corrected chi connectivity index (χ1v) is 9.09. The molecule has 1 aromatic carbocycles. The second-order valence-corrected chi connectivity index (χ2v) is 5.49. The highest BCUT2D eigenvalue weighted by Crippen LogP contribution is 2.10. The van der Waals surface area contributed by atoms with E-state index in [0.717, 1.165) is 12.8 Å². The number of hydrogen-bond donors (Lipinski definition) is 0. The van der Waals surface area contributed by atoms with Gasteiger partial charge < -0.3 is 4.74 Å². The van der Waals surface area contributed by atoms with Crippen molar-refractivity contribution >= 4 is 21.9 Å². The lowest BCUT2D eigenvalue weighted by atomic mass is 10.1. The summed E-state index contributed by atoms with van der Waals surface area (Å²) in [6.45, 7) is 2.07. The molecule has 0 aliphatic carbocycles. The van der Waals surface area contributed by atoms with Gasteiger partial charge in [-0.15, -0.1) is 0 Å². The molecule has 0 spiro atoms. The van der Waals surface area contributed by atoms with Crippen LogP contribution in [0.4, 0.5) is 0 Å². The van der Waals surface area contributed by atoms with Crippen LogP contribution < -0.4 is 0 Å². The minimum absolute atomic E-state index is 0.173. The van der Waals surface area contributed by atoms with Crippen LogP contribution >= 0.6 is 15.9 Å². The fourth-order valence-corrected chi connectivity index (χ4v) is 2.09. The number of carbonyl (C=O) groups is 1. The fraction of sp³-hybridized carbons (Fsp3) is 0.381. The molecule has 0 heterocycles. The average Bonchev–Trinajstić information content (AvgIpc) is 2.61. The van der Waals surface area contributed by atoms with E-state index in [9.17, 15) is 4.79 Å². The normalized spacial score (nSPS) is 10.1. The fourth-order valence-electron chi connectivity index (χ4n) is 1.89. The molecular weight excluding hydrogens is 364 g/mol. The second-order valence-electron chi connectivity index (χ2n) is 4.93. The van der Waals surface area contributed by atoms with Crippen molar-refractivity contribution in [3.63, 3.8) is 0 Å². The van der Waals surface area contributed by atoms with Gasteiger partial charge in [0.15, 0.2) is 0 Å². The summed E-state index contributed by atoms with van der Waals surface area (Å²) in [5, 5.41) is 0.676. The number of esters is 1. The van der Waals surface area contributed by atoms with E-state index in [1.54, 1.807) is 12.1 Å². The van der Waals surface area contributed by atoms with Crippen LogP contribution in [0.25, 0.3) is 0 Å². The minimum Gasteiger partial charge on any atom is -0.458 e. The maximum atomic E-state index is 12.1. The largest absolute Gasteiger partial charge is 0.458 e. The molecule has 1 atom stereocenters. The highest BCUT2D eigenvalue weighted by atomic mass is 79.9. The number of benzene rings is 1. The Labute approximate surface area is 153 Å². The number of rotatable bonds is 5. The van der Waals surface area contributed by atoms with Gasteiger partial charge in [0.25, 0.3) is 0 Å². The van der Waals surface area contributed by atoms with Gasteiger partial charge in [0.2, 0.25) is 0 Å². The van der Waals surface area contributed by atoms with Crippen LogP contribution in [0.15, 0.2) is 30.3 Å². The number of carbonyl (C=O) groups excluding carboxylic acids is 1. The van der Waals surface area contributed by atoms with Crippen LogP contribution in [0, 0.1) is 35.5 Å². The van der Waals surface area contributed by atoms with Crippen LogP contribution in [0.3, 0.4) is 0 Å². The van der Waals surface area contributed by atoms with E-state index in [1.165, 1.54) is 0 Å². The molecule has 0 radical (unpaired) electrons. The van der Waals surface area contributed by atoms with Gasteiger partial charge in [-0.05, 0) is 18.6 Å². The minimum atomic E-state index is -0.291. The third-order valence-electron chi connectivity index (χ3n) is 3.02. The summed E-state index contributed by atoms with van der Waals surface area (Å²) in [6.07, 6.45) is 3.20. The van der Waals surface area contributed by atoms with Gasteiger partial charge in [-0.3, -0.25) is 0 Å². The Balaban J connectivity index is 2.44. The highest BCUT2D eigenvalue weighted by molar-refractivity contribution is 9.09. The molecule has 0 fully saturated rings. The summed E-state index contributed by atoms with van der Waals surface area (Å²) >= 11 is 3.23.